The predicted octanol–water partition coefficient (Wildman–Crippen LogP) is 3.59. The highest BCUT2D eigenvalue weighted by atomic mass is 32.2. The van der Waals surface area contributed by atoms with E-state index in [9.17, 15) is 8.42 Å². The molecule has 4 rings (SSSR count). The van der Waals surface area contributed by atoms with Crippen LogP contribution in [0.1, 0.15) is 51.6 Å². The van der Waals surface area contributed by atoms with Crippen LogP contribution in [0.4, 0.5) is 17.5 Å². The largest absolute Gasteiger partial charge is 0.367 e. The van der Waals surface area contributed by atoms with Crippen molar-refractivity contribution in [2.24, 2.45) is 0 Å². The predicted molar refractivity (Wildman–Crippen MR) is 140 cm³/mol. The first-order valence-corrected chi connectivity index (χ1v) is 13.7. The molecule has 0 radical (unpaired) electrons. The number of rotatable bonds is 10. The molecule has 1 aliphatic heterocycles. The SMILES string of the molecule is CC[C@@H]1C[C@@H](Nc2nc(Nc3cc(C)[nH]n3)cc3ncccc23)C[C@H](CC)N1S(=O)(=O)NCCC#N. The van der Waals surface area contributed by atoms with Crippen molar-refractivity contribution < 1.29 is 8.42 Å². The summed E-state index contributed by atoms with van der Waals surface area (Å²) in [5, 5.41) is 23.7. The van der Waals surface area contributed by atoms with Crippen molar-refractivity contribution in [3.8, 4) is 6.07 Å². The number of nitriles is 1. The van der Waals surface area contributed by atoms with E-state index in [1.165, 1.54) is 0 Å². The highest BCUT2D eigenvalue weighted by molar-refractivity contribution is 7.87. The van der Waals surface area contributed by atoms with Crippen LogP contribution in [-0.4, -0.2) is 57.6 Å². The number of H-pyrrole nitrogens is 1. The maximum Gasteiger partial charge on any atom is 0.279 e. The van der Waals surface area contributed by atoms with Gasteiger partial charge in [0.05, 0.1) is 11.6 Å². The lowest BCUT2D eigenvalue weighted by Gasteiger charge is -2.44. The quantitative estimate of drug-likeness (QED) is 0.301. The summed E-state index contributed by atoms with van der Waals surface area (Å²) in [7, 11) is -3.69. The third kappa shape index (κ3) is 5.75. The summed E-state index contributed by atoms with van der Waals surface area (Å²) in [6, 6.07) is 9.32. The molecule has 0 aliphatic carbocycles. The van der Waals surface area contributed by atoms with Crippen LogP contribution in [0, 0.1) is 18.3 Å². The molecule has 0 aromatic carbocycles. The van der Waals surface area contributed by atoms with Crippen molar-refractivity contribution in [2.45, 2.75) is 71.0 Å². The molecule has 0 amide bonds. The molecule has 4 heterocycles. The minimum Gasteiger partial charge on any atom is -0.367 e. The molecule has 3 atom stereocenters. The van der Waals surface area contributed by atoms with Gasteiger partial charge < -0.3 is 10.6 Å². The number of piperidine rings is 1. The molecule has 4 N–H and O–H groups in total. The lowest BCUT2D eigenvalue weighted by molar-refractivity contribution is 0.159. The molecule has 36 heavy (non-hydrogen) atoms. The van der Waals surface area contributed by atoms with Crippen LogP contribution in [0.25, 0.3) is 10.9 Å². The van der Waals surface area contributed by atoms with Gasteiger partial charge in [0.15, 0.2) is 5.82 Å². The van der Waals surface area contributed by atoms with Gasteiger partial charge in [-0.3, -0.25) is 10.1 Å². The van der Waals surface area contributed by atoms with Gasteiger partial charge in [-0.05, 0) is 44.7 Å². The molecule has 3 aromatic rings. The highest BCUT2D eigenvalue weighted by Crippen LogP contribution is 2.33. The van der Waals surface area contributed by atoms with E-state index in [0.717, 1.165) is 16.6 Å². The Bertz CT molecular complexity index is 1320. The van der Waals surface area contributed by atoms with E-state index < -0.39 is 10.2 Å². The standard InChI is InChI=1S/C24H33N9O2S/c1-4-18-13-17(14-19(5-2)33(18)36(34,35)27-11-7-9-25)28-24-20-8-6-10-26-21(20)15-22(30-24)29-23-12-16(3)31-32-23/h6,8,10,12,15,17-19,27H,4-5,7,11,13-14H2,1-3H3,(H3,28,29,30,31,32)/t17-,18-,19+. The van der Waals surface area contributed by atoms with E-state index in [4.69, 9.17) is 10.2 Å². The molecule has 3 aromatic heterocycles. The number of hydrogen-bond donors (Lipinski definition) is 4. The second-order valence-electron chi connectivity index (χ2n) is 9.06. The molecule has 12 heteroatoms. The summed E-state index contributed by atoms with van der Waals surface area (Å²) < 4.78 is 30.4. The third-order valence-corrected chi connectivity index (χ3v) is 8.20. The zero-order valence-electron chi connectivity index (χ0n) is 20.8. The lowest BCUT2D eigenvalue weighted by Crippen LogP contribution is -2.57. The van der Waals surface area contributed by atoms with E-state index in [0.29, 0.717) is 43.1 Å². The number of pyridine rings is 2. The summed E-state index contributed by atoms with van der Waals surface area (Å²) in [5.74, 6) is 1.99. The molecule has 0 unspecified atom stereocenters. The number of anilines is 3. The van der Waals surface area contributed by atoms with Gasteiger partial charge in [0.2, 0.25) is 0 Å². The van der Waals surface area contributed by atoms with E-state index >= 15 is 0 Å². The van der Waals surface area contributed by atoms with Gasteiger partial charge in [0.25, 0.3) is 10.2 Å². The van der Waals surface area contributed by atoms with Crippen molar-refractivity contribution in [1.82, 2.24) is 29.2 Å². The monoisotopic (exact) mass is 511 g/mol. The smallest absolute Gasteiger partial charge is 0.279 e. The van der Waals surface area contributed by atoms with Gasteiger partial charge in [-0.15, -0.1) is 0 Å². The molecule has 11 nitrogen and oxygen atoms in total. The van der Waals surface area contributed by atoms with Crippen LogP contribution < -0.4 is 15.4 Å². The lowest BCUT2D eigenvalue weighted by atomic mass is 9.91. The first kappa shape index (κ1) is 25.8. The summed E-state index contributed by atoms with van der Waals surface area (Å²) >= 11 is 0. The number of aryl methyl sites for hydroxylation is 1. The topological polar surface area (TPSA) is 152 Å². The maximum atomic E-state index is 13.1. The minimum atomic E-state index is -3.69. The maximum absolute atomic E-state index is 13.1. The Morgan fingerprint density at radius 1 is 1.19 bits per heavy atom. The average molecular weight is 512 g/mol. The zero-order chi connectivity index (χ0) is 25.7. The first-order valence-electron chi connectivity index (χ1n) is 12.3. The van der Waals surface area contributed by atoms with Gasteiger partial charge in [0.1, 0.15) is 11.6 Å². The Morgan fingerprint density at radius 3 is 2.58 bits per heavy atom. The third-order valence-electron chi connectivity index (χ3n) is 6.48. The van der Waals surface area contributed by atoms with Crippen LogP contribution in [0.2, 0.25) is 0 Å². The second-order valence-corrected chi connectivity index (χ2v) is 10.7. The molecular formula is C24H33N9O2S. The van der Waals surface area contributed by atoms with Gasteiger partial charge in [-0.2, -0.15) is 23.1 Å². The van der Waals surface area contributed by atoms with E-state index in [-0.39, 0.29) is 31.1 Å². The molecular weight excluding hydrogens is 478 g/mol. The average Bonchev–Trinajstić information content (AvgIpc) is 3.27. The van der Waals surface area contributed by atoms with E-state index in [1.54, 1.807) is 10.5 Å². The zero-order valence-corrected chi connectivity index (χ0v) is 21.6. The van der Waals surface area contributed by atoms with Crippen LogP contribution >= 0.6 is 0 Å². The number of aromatic amines is 1. The van der Waals surface area contributed by atoms with Crippen LogP contribution in [0.3, 0.4) is 0 Å². The number of nitrogens with one attached hydrogen (secondary N) is 4. The highest BCUT2D eigenvalue weighted by Gasteiger charge is 2.41. The van der Waals surface area contributed by atoms with Crippen LogP contribution in [0.5, 0.6) is 0 Å². The van der Waals surface area contributed by atoms with E-state index in [2.05, 4.69) is 30.5 Å². The van der Waals surface area contributed by atoms with Crippen LogP contribution in [-0.2, 0) is 10.2 Å². The number of nitrogens with zero attached hydrogens (tertiary/aromatic N) is 5. The molecule has 0 saturated carbocycles. The van der Waals surface area contributed by atoms with Crippen molar-refractivity contribution >= 4 is 38.6 Å². The van der Waals surface area contributed by atoms with Crippen molar-refractivity contribution in [1.29, 1.82) is 5.26 Å². The Hall–Kier alpha value is -3.27. The molecule has 0 spiro atoms. The van der Waals surface area contributed by atoms with E-state index in [1.807, 2.05) is 51.1 Å². The molecule has 192 valence electrons. The number of fused-ring (bicyclic) bond motifs is 1. The number of aromatic nitrogens is 4. The van der Waals surface area contributed by atoms with Gasteiger partial charge >= 0.3 is 0 Å². The Morgan fingerprint density at radius 2 is 1.94 bits per heavy atom. The summed E-state index contributed by atoms with van der Waals surface area (Å²) in [6.07, 6.45) is 4.54. The van der Waals surface area contributed by atoms with Crippen molar-refractivity contribution in [3.05, 3.63) is 36.2 Å². The van der Waals surface area contributed by atoms with Crippen molar-refractivity contribution in [2.75, 3.05) is 17.2 Å². The fourth-order valence-corrected chi connectivity index (χ4v) is 6.59. The summed E-state index contributed by atoms with van der Waals surface area (Å²) in [4.78, 5) is 9.35. The fourth-order valence-electron chi connectivity index (χ4n) is 4.83. The van der Waals surface area contributed by atoms with Gasteiger partial charge in [-0.25, -0.2) is 9.71 Å². The normalized spacial score (nSPS) is 20.8. The summed E-state index contributed by atoms with van der Waals surface area (Å²) in [5.41, 5.74) is 1.74. The van der Waals surface area contributed by atoms with Gasteiger partial charge in [-0.1, -0.05) is 13.8 Å². The fraction of sp³-hybridized carbons (Fsp3) is 0.500. The van der Waals surface area contributed by atoms with Gasteiger partial charge in [0, 0.05) is 60.5 Å². The van der Waals surface area contributed by atoms with Crippen LogP contribution in [0.15, 0.2) is 30.5 Å². The minimum absolute atomic E-state index is 0.0317. The van der Waals surface area contributed by atoms with Crippen molar-refractivity contribution in [3.63, 3.8) is 0 Å². The first-order chi connectivity index (χ1) is 17.3. The number of hydrogen-bond acceptors (Lipinski definition) is 8. The molecule has 1 fully saturated rings. The molecule has 0 bridgehead atoms. The second kappa shape index (κ2) is 11.2. The molecule has 1 aliphatic rings. The molecule has 1 saturated heterocycles. The summed E-state index contributed by atoms with van der Waals surface area (Å²) in [6.45, 7) is 6.06. The Kier molecular flexibility index (Phi) is 8.03. The Balaban J connectivity index is 1.59. The Labute approximate surface area is 211 Å².